The molecule has 0 spiro atoms. The first-order valence-electron chi connectivity index (χ1n) is 5.12. The number of benzene rings is 1. The highest BCUT2D eigenvalue weighted by Gasteiger charge is 2.42. The standard InChI is InChI=1S/C12H8N4/c1-2-4-10-8(3-1)14-12-15-9-5-6-13-7-11(9)16(10)12/h1-7,15H/q+1. The van der Waals surface area contributed by atoms with Gasteiger partial charge >= 0.3 is 5.96 Å². The van der Waals surface area contributed by atoms with Gasteiger partial charge in [-0.25, -0.2) is 5.32 Å². The van der Waals surface area contributed by atoms with Crippen molar-refractivity contribution in [2.24, 2.45) is 0 Å². The molecule has 2 aliphatic heterocycles. The fourth-order valence-corrected chi connectivity index (χ4v) is 2.14. The number of nitrogens with one attached hydrogen (secondary N) is 1. The fraction of sp³-hybridized carbons (Fsp3) is 0. The van der Waals surface area contributed by atoms with Gasteiger partial charge in [0.15, 0.2) is 17.1 Å². The van der Waals surface area contributed by atoms with Crippen molar-refractivity contribution in [3.8, 4) is 0 Å². The second-order valence-electron chi connectivity index (χ2n) is 3.78. The van der Waals surface area contributed by atoms with Gasteiger partial charge in [0.25, 0.3) is 0 Å². The number of anilines is 3. The number of aromatic nitrogens is 1. The molecular formula is C12H8N4+. The van der Waals surface area contributed by atoms with E-state index in [9.17, 15) is 0 Å². The lowest BCUT2D eigenvalue weighted by atomic mass is 10.2. The molecule has 0 aliphatic carbocycles. The summed E-state index contributed by atoms with van der Waals surface area (Å²) in [5, 5.41) is 3.28. The normalized spacial score (nSPS) is 15.0. The van der Waals surface area contributed by atoms with E-state index < -0.39 is 0 Å². The molecule has 4 nitrogen and oxygen atoms in total. The number of hydrogen-bond acceptors (Lipinski definition) is 4. The third-order valence-corrected chi connectivity index (χ3v) is 2.85. The summed E-state index contributed by atoms with van der Waals surface area (Å²) < 4.78 is 0. The minimum Gasteiger partial charge on any atom is -0.261 e. The van der Waals surface area contributed by atoms with Gasteiger partial charge in [-0.2, -0.15) is 4.90 Å². The third-order valence-electron chi connectivity index (χ3n) is 2.85. The molecule has 0 bridgehead atoms. The van der Waals surface area contributed by atoms with Crippen LogP contribution in [0.15, 0.2) is 42.7 Å². The predicted octanol–water partition coefficient (Wildman–Crippen LogP) is 1.98. The monoisotopic (exact) mass is 208 g/mol. The van der Waals surface area contributed by atoms with Gasteiger partial charge in [-0.3, -0.25) is 4.98 Å². The molecule has 4 rings (SSSR count). The Bertz CT molecular complexity index is 618. The molecule has 1 radical (unpaired) electrons. The van der Waals surface area contributed by atoms with Crippen LogP contribution in [0.5, 0.6) is 0 Å². The van der Waals surface area contributed by atoms with Crippen molar-refractivity contribution in [3.05, 3.63) is 42.7 Å². The number of nitrogens with zero attached hydrogens (tertiary/aromatic N) is 3. The van der Waals surface area contributed by atoms with Crippen LogP contribution in [0.3, 0.4) is 0 Å². The molecule has 0 atom stereocenters. The number of aliphatic imine (C=N–C) groups is 1. The lowest BCUT2D eigenvalue weighted by Gasteiger charge is -2.05. The van der Waals surface area contributed by atoms with Crippen LogP contribution in [0.4, 0.5) is 22.7 Å². The number of fused-ring (bicyclic) bond motifs is 5. The molecule has 1 aromatic heterocycles. The average Bonchev–Trinajstić information content (AvgIpc) is 2.83. The maximum absolute atomic E-state index is 4.53. The van der Waals surface area contributed by atoms with E-state index in [1.165, 1.54) is 0 Å². The van der Waals surface area contributed by atoms with Gasteiger partial charge in [-0.15, -0.1) is 0 Å². The molecule has 0 fully saturated rings. The van der Waals surface area contributed by atoms with E-state index in [4.69, 9.17) is 0 Å². The first-order chi connectivity index (χ1) is 7.93. The number of pyridine rings is 1. The SMILES string of the molecule is c1ccc2c(c1)[N+]=C1Nc3ccncc3N12. The van der Waals surface area contributed by atoms with Crippen LogP contribution in [0.25, 0.3) is 0 Å². The van der Waals surface area contributed by atoms with E-state index in [2.05, 4.69) is 26.3 Å². The summed E-state index contributed by atoms with van der Waals surface area (Å²) in [5.74, 6) is 0.865. The van der Waals surface area contributed by atoms with Gasteiger partial charge in [-0.1, -0.05) is 17.1 Å². The van der Waals surface area contributed by atoms with Crippen molar-refractivity contribution < 1.29 is 0 Å². The molecule has 75 valence electrons. The Morgan fingerprint density at radius 2 is 2.06 bits per heavy atom. The van der Waals surface area contributed by atoms with Gasteiger partial charge in [0, 0.05) is 6.20 Å². The van der Waals surface area contributed by atoms with Crippen LogP contribution < -0.4 is 15.2 Å². The maximum atomic E-state index is 4.53. The summed E-state index contributed by atoms with van der Waals surface area (Å²) in [6, 6.07) is 10.0. The van der Waals surface area contributed by atoms with Gasteiger partial charge in [-0.05, 0) is 18.2 Å². The van der Waals surface area contributed by atoms with Gasteiger partial charge in [0.2, 0.25) is 0 Å². The second-order valence-corrected chi connectivity index (χ2v) is 3.78. The number of rotatable bonds is 0. The van der Waals surface area contributed by atoms with Crippen LogP contribution >= 0.6 is 0 Å². The van der Waals surface area contributed by atoms with Crippen molar-refractivity contribution in [3.63, 3.8) is 0 Å². The molecule has 0 saturated carbocycles. The highest BCUT2D eigenvalue weighted by molar-refractivity contribution is 6.22. The first kappa shape index (κ1) is 7.87. The fourth-order valence-electron chi connectivity index (χ4n) is 2.14. The highest BCUT2D eigenvalue weighted by atomic mass is 15.4. The smallest absolute Gasteiger partial charge is 0.261 e. The predicted molar refractivity (Wildman–Crippen MR) is 63.2 cm³/mol. The Balaban J connectivity index is 1.98. The summed E-state index contributed by atoms with van der Waals surface area (Å²) in [6.45, 7) is 0. The van der Waals surface area contributed by atoms with Gasteiger partial charge in [0.1, 0.15) is 5.69 Å². The van der Waals surface area contributed by atoms with Crippen molar-refractivity contribution in [2.45, 2.75) is 0 Å². The topological polar surface area (TPSA) is 42.3 Å². The Labute approximate surface area is 92.3 Å². The Hall–Kier alpha value is -2.36. The summed E-state index contributed by atoms with van der Waals surface area (Å²) in [5.41, 5.74) is 4.23. The lowest BCUT2D eigenvalue weighted by Crippen LogP contribution is -2.23. The number of hydrogen-bond donors (Lipinski definition) is 1. The average molecular weight is 208 g/mol. The summed E-state index contributed by atoms with van der Waals surface area (Å²) >= 11 is 0. The zero-order chi connectivity index (χ0) is 10.5. The van der Waals surface area contributed by atoms with E-state index >= 15 is 0 Å². The Morgan fingerprint density at radius 3 is 3.06 bits per heavy atom. The van der Waals surface area contributed by atoms with Crippen molar-refractivity contribution in [1.82, 2.24) is 9.98 Å². The van der Waals surface area contributed by atoms with Crippen LogP contribution in [0, 0.1) is 0 Å². The zero-order valence-corrected chi connectivity index (χ0v) is 8.38. The van der Waals surface area contributed by atoms with E-state index in [-0.39, 0.29) is 0 Å². The largest absolute Gasteiger partial charge is 0.403 e. The summed E-state index contributed by atoms with van der Waals surface area (Å²) in [4.78, 5) is 10.8. The van der Waals surface area contributed by atoms with E-state index in [1.54, 1.807) is 6.20 Å². The van der Waals surface area contributed by atoms with E-state index in [0.717, 1.165) is 28.7 Å². The molecule has 2 aromatic rings. The summed E-state index contributed by atoms with van der Waals surface area (Å²) in [6.07, 6.45) is 3.63. The minimum atomic E-state index is 0.865. The van der Waals surface area contributed by atoms with Crippen LogP contribution in [-0.2, 0) is 0 Å². The Morgan fingerprint density at radius 1 is 1.12 bits per heavy atom. The quantitative estimate of drug-likeness (QED) is 0.719. The first-order valence-corrected chi connectivity index (χ1v) is 5.12. The third kappa shape index (κ3) is 0.839. The molecule has 4 heteroatoms. The van der Waals surface area contributed by atoms with Crippen molar-refractivity contribution in [2.75, 3.05) is 10.2 Å². The minimum absolute atomic E-state index is 0.865. The lowest BCUT2D eigenvalue weighted by molar-refractivity contribution is 1.30. The molecule has 1 N–H and O–H groups in total. The van der Waals surface area contributed by atoms with Crippen LogP contribution in [0.1, 0.15) is 0 Å². The molecule has 3 heterocycles. The second kappa shape index (κ2) is 2.61. The summed E-state index contributed by atoms with van der Waals surface area (Å²) in [7, 11) is 0. The van der Waals surface area contributed by atoms with Crippen LogP contribution in [-0.4, -0.2) is 10.9 Å². The maximum Gasteiger partial charge on any atom is 0.403 e. The van der Waals surface area contributed by atoms with E-state index in [1.807, 2.05) is 30.5 Å². The van der Waals surface area contributed by atoms with E-state index in [0.29, 0.717) is 0 Å². The van der Waals surface area contributed by atoms with Gasteiger partial charge < -0.3 is 0 Å². The van der Waals surface area contributed by atoms with Crippen molar-refractivity contribution in [1.29, 1.82) is 0 Å². The number of para-hydroxylation sites is 2. The molecule has 0 amide bonds. The van der Waals surface area contributed by atoms with Crippen LogP contribution in [0.2, 0.25) is 0 Å². The van der Waals surface area contributed by atoms with Gasteiger partial charge in [0.05, 0.1) is 6.20 Å². The molecular weight excluding hydrogens is 200 g/mol. The molecule has 2 aliphatic rings. The molecule has 1 aromatic carbocycles. The van der Waals surface area contributed by atoms with Crippen molar-refractivity contribution >= 4 is 28.7 Å². The highest BCUT2D eigenvalue weighted by Crippen LogP contribution is 2.42. The molecule has 0 saturated heterocycles. The number of guanidine groups is 1. The zero-order valence-electron chi connectivity index (χ0n) is 8.38. The molecule has 0 unspecified atom stereocenters. The Kier molecular flexibility index (Phi) is 1.28. The molecule has 16 heavy (non-hydrogen) atoms.